The molecular weight excluding hydrogens is 423 g/mol. The summed E-state index contributed by atoms with van der Waals surface area (Å²) in [5, 5.41) is 0. The van der Waals surface area contributed by atoms with Crippen LogP contribution in [0.1, 0.15) is 13.3 Å². The molecule has 0 radical (unpaired) electrons. The molecule has 0 N–H and O–H groups in total. The lowest BCUT2D eigenvalue weighted by Gasteiger charge is -2.39. The highest BCUT2D eigenvalue weighted by Gasteiger charge is 2.87. The Hall–Kier alpha value is -1.70. The summed E-state index contributed by atoms with van der Waals surface area (Å²) in [7, 11) is 0. The number of rotatable bonds is 9. The molecule has 0 fully saturated rings. The second kappa shape index (κ2) is 7.37. The molecule has 0 spiro atoms. The summed E-state index contributed by atoms with van der Waals surface area (Å²) in [6.45, 7) is 3.64. The van der Waals surface area contributed by atoms with Crippen LogP contribution in [-0.4, -0.2) is 48.4 Å². The normalized spacial score (nSPS) is 15.7. The van der Waals surface area contributed by atoms with Crippen molar-refractivity contribution in [1.29, 1.82) is 0 Å². The lowest BCUT2D eigenvalue weighted by molar-refractivity contribution is -0.415. The van der Waals surface area contributed by atoms with E-state index in [1.807, 2.05) is 0 Å². The molecule has 27 heavy (non-hydrogen) atoms. The zero-order valence-electron chi connectivity index (χ0n) is 12.8. The van der Waals surface area contributed by atoms with Crippen molar-refractivity contribution >= 4 is 5.97 Å². The largest absolute Gasteiger partial charge is 0.428 e. The van der Waals surface area contributed by atoms with Crippen LogP contribution in [0, 0.1) is 0 Å². The molecule has 0 bridgehead atoms. The molecule has 0 amide bonds. The van der Waals surface area contributed by atoms with E-state index in [4.69, 9.17) is 0 Å². The molecule has 15 heteroatoms. The van der Waals surface area contributed by atoms with E-state index in [1.54, 1.807) is 0 Å². The Balaban J connectivity index is 5.85. The number of hydrogen-bond donors (Lipinski definition) is 0. The lowest BCUT2D eigenvalue weighted by atomic mass is 9.93. The van der Waals surface area contributed by atoms with E-state index in [0.29, 0.717) is 0 Å². The van der Waals surface area contributed by atoms with Gasteiger partial charge >= 0.3 is 42.0 Å². The first-order chi connectivity index (χ1) is 11.7. The Labute approximate surface area is 141 Å². The van der Waals surface area contributed by atoms with Gasteiger partial charge in [-0.1, -0.05) is 6.58 Å². The molecule has 160 valence electrons. The van der Waals surface area contributed by atoms with Crippen LogP contribution in [-0.2, 0) is 9.53 Å². The monoisotopic (exact) mass is 432 g/mol. The van der Waals surface area contributed by atoms with E-state index < -0.39 is 60.4 Å². The number of ether oxygens (including phenoxy) is 1. The van der Waals surface area contributed by atoms with Gasteiger partial charge in [-0.05, 0) is 6.92 Å². The molecule has 1 unspecified atom stereocenters. The molecule has 0 aromatic carbocycles. The lowest BCUT2D eigenvalue weighted by Crippen LogP contribution is -2.68. The Kier molecular flexibility index (Phi) is 6.91. The fourth-order valence-corrected chi connectivity index (χ4v) is 1.36. The molecule has 2 nitrogen and oxygen atoms in total. The number of alkyl halides is 13. The third-order valence-corrected chi connectivity index (χ3v) is 2.94. The molecule has 0 aromatic heterocycles. The highest BCUT2D eigenvalue weighted by atomic mass is 19.4. The Morgan fingerprint density at radius 2 is 1.26 bits per heavy atom. The average Bonchev–Trinajstić information content (AvgIpc) is 2.44. The summed E-state index contributed by atoms with van der Waals surface area (Å²) in [4.78, 5) is 10.8. The van der Waals surface area contributed by atoms with E-state index in [2.05, 4.69) is 11.3 Å². The highest BCUT2D eigenvalue weighted by Crippen LogP contribution is 2.58. The molecular formula is C12H9F13O2. The maximum Gasteiger partial charge on any atom is 0.384 e. The average molecular weight is 432 g/mol. The van der Waals surface area contributed by atoms with Crippen molar-refractivity contribution in [2.75, 3.05) is 0 Å². The van der Waals surface area contributed by atoms with Gasteiger partial charge in [-0.2, -0.15) is 43.9 Å². The van der Waals surface area contributed by atoms with Gasteiger partial charge in [0.15, 0.2) is 0 Å². The maximum absolute atomic E-state index is 13.3. The minimum atomic E-state index is -7.76. The fourth-order valence-electron chi connectivity index (χ4n) is 1.36. The number of halogens is 13. The molecule has 0 aliphatic rings. The van der Waals surface area contributed by atoms with E-state index >= 15 is 0 Å². The predicted octanol–water partition coefficient (Wildman–Crippen LogP) is 5.23. The summed E-state index contributed by atoms with van der Waals surface area (Å²) in [5.41, 5.74) is -0.666. The van der Waals surface area contributed by atoms with Gasteiger partial charge in [0.2, 0.25) is 6.36 Å². The van der Waals surface area contributed by atoms with E-state index in [1.165, 1.54) is 0 Å². The van der Waals surface area contributed by atoms with Gasteiger partial charge in [0, 0.05) is 5.57 Å². The SMILES string of the molecule is C=C(C)C(=O)OC(F)CC(F)(F)C(F)(F)C(F)(F)C(F)(F)C(F)(F)C(F)F. The van der Waals surface area contributed by atoms with Crippen molar-refractivity contribution in [2.24, 2.45) is 0 Å². The fraction of sp³-hybridized carbons (Fsp3) is 0.750. The van der Waals surface area contributed by atoms with Crippen LogP contribution >= 0.6 is 0 Å². The van der Waals surface area contributed by atoms with Crippen LogP contribution in [0.3, 0.4) is 0 Å². The Morgan fingerprint density at radius 3 is 1.59 bits per heavy atom. The van der Waals surface area contributed by atoms with Gasteiger partial charge in [-0.25, -0.2) is 18.0 Å². The second-order valence-corrected chi connectivity index (χ2v) is 5.15. The molecule has 0 saturated heterocycles. The topological polar surface area (TPSA) is 26.3 Å². The minimum Gasteiger partial charge on any atom is -0.428 e. The molecule has 0 heterocycles. The summed E-state index contributed by atoms with van der Waals surface area (Å²) in [6.07, 6.45) is -12.6. The summed E-state index contributed by atoms with van der Waals surface area (Å²) < 4.78 is 170. The summed E-state index contributed by atoms with van der Waals surface area (Å²) >= 11 is 0. The van der Waals surface area contributed by atoms with Crippen molar-refractivity contribution in [2.45, 2.75) is 55.7 Å². The Bertz CT molecular complexity index is 570. The predicted molar refractivity (Wildman–Crippen MR) is 61.2 cm³/mol. The number of hydrogen-bond acceptors (Lipinski definition) is 2. The van der Waals surface area contributed by atoms with Crippen molar-refractivity contribution < 1.29 is 66.6 Å². The van der Waals surface area contributed by atoms with E-state index in [-0.39, 0.29) is 0 Å². The first kappa shape index (κ1) is 25.3. The zero-order chi connectivity index (χ0) is 22.2. The van der Waals surface area contributed by atoms with Crippen molar-refractivity contribution in [3.05, 3.63) is 12.2 Å². The van der Waals surface area contributed by atoms with Crippen molar-refractivity contribution in [3.8, 4) is 0 Å². The van der Waals surface area contributed by atoms with Crippen LogP contribution in [0.25, 0.3) is 0 Å². The third-order valence-electron chi connectivity index (χ3n) is 2.94. The minimum absolute atomic E-state index is 0.666. The first-order valence-corrected chi connectivity index (χ1v) is 6.34. The maximum atomic E-state index is 13.3. The summed E-state index contributed by atoms with van der Waals surface area (Å²) in [5.74, 6) is -38.4. The molecule has 0 aliphatic heterocycles. The molecule has 0 aromatic rings. The van der Waals surface area contributed by atoms with Gasteiger partial charge < -0.3 is 4.74 Å². The van der Waals surface area contributed by atoms with Gasteiger partial charge in [0.05, 0.1) is 6.42 Å². The van der Waals surface area contributed by atoms with Gasteiger partial charge in [0.1, 0.15) is 0 Å². The molecule has 0 aliphatic carbocycles. The standard InChI is InChI=1S/C12H9F13O2/c1-4(2)6(26)27-5(13)3-8(16,17)10(20,21)12(24,25)11(22,23)9(18,19)7(14)15/h5,7H,1,3H2,2H3. The van der Waals surface area contributed by atoms with Crippen LogP contribution < -0.4 is 0 Å². The Morgan fingerprint density at radius 1 is 0.852 bits per heavy atom. The molecule has 0 rings (SSSR count). The number of esters is 1. The van der Waals surface area contributed by atoms with E-state index in [9.17, 15) is 61.9 Å². The van der Waals surface area contributed by atoms with Crippen molar-refractivity contribution in [1.82, 2.24) is 0 Å². The van der Waals surface area contributed by atoms with Crippen LogP contribution in [0.2, 0.25) is 0 Å². The number of carbonyl (C=O) groups excluding carboxylic acids is 1. The second-order valence-electron chi connectivity index (χ2n) is 5.15. The molecule has 1 atom stereocenters. The smallest absolute Gasteiger partial charge is 0.384 e. The first-order valence-electron chi connectivity index (χ1n) is 6.34. The van der Waals surface area contributed by atoms with Crippen LogP contribution in [0.4, 0.5) is 57.1 Å². The van der Waals surface area contributed by atoms with Gasteiger partial charge in [-0.3, -0.25) is 0 Å². The quantitative estimate of drug-likeness (QED) is 0.283. The van der Waals surface area contributed by atoms with Crippen LogP contribution in [0.5, 0.6) is 0 Å². The van der Waals surface area contributed by atoms with Crippen LogP contribution in [0.15, 0.2) is 12.2 Å². The summed E-state index contributed by atoms with van der Waals surface area (Å²) in [6, 6.07) is 0. The van der Waals surface area contributed by atoms with Gasteiger partial charge in [-0.15, -0.1) is 0 Å². The van der Waals surface area contributed by atoms with Crippen molar-refractivity contribution in [3.63, 3.8) is 0 Å². The third kappa shape index (κ3) is 4.25. The highest BCUT2D eigenvalue weighted by molar-refractivity contribution is 5.86. The van der Waals surface area contributed by atoms with E-state index in [0.717, 1.165) is 6.92 Å². The molecule has 0 saturated carbocycles. The zero-order valence-corrected chi connectivity index (χ0v) is 12.8. The number of carbonyl (C=O) groups is 1. The van der Waals surface area contributed by atoms with Gasteiger partial charge in [0.25, 0.3) is 0 Å².